The third-order valence-corrected chi connectivity index (χ3v) is 5.52. The van der Waals surface area contributed by atoms with Crippen molar-refractivity contribution < 1.29 is 14.7 Å². The van der Waals surface area contributed by atoms with E-state index in [-0.39, 0.29) is 23.3 Å². The van der Waals surface area contributed by atoms with Gasteiger partial charge in [0.05, 0.1) is 5.92 Å². The standard InChI is InChI=1S/C16H28N2O3/c1-18(2)16(9-3-4-10-16)11-17-14(19)12-5-7-13(8-6-12)15(20)21/h12-13H,3-11H2,1-2H3,(H,17,19)(H,20,21). The maximum absolute atomic E-state index is 12.3. The molecular formula is C16H28N2O3. The Bertz CT molecular complexity index is 381. The lowest BCUT2D eigenvalue weighted by molar-refractivity contribution is -0.144. The number of hydrogen-bond donors (Lipinski definition) is 2. The van der Waals surface area contributed by atoms with Crippen LogP contribution in [-0.4, -0.2) is 48.1 Å². The van der Waals surface area contributed by atoms with Gasteiger partial charge in [0, 0.05) is 18.0 Å². The molecule has 0 aromatic heterocycles. The Labute approximate surface area is 127 Å². The number of likely N-dealkylation sites (N-methyl/N-ethyl adjacent to an activating group) is 1. The van der Waals surface area contributed by atoms with Crippen LogP contribution in [0.4, 0.5) is 0 Å². The zero-order valence-corrected chi connectivity index (χ0v) is 13.2. The lowest BCUT2D eigenvalue weighted by Crippen LogP contribution is -2.51. The molecule has 0 bridgehead atoms. The van der Waals surface area contributed by atoms with Gasteiger partial charge in [-0.2, -0.15) is 0 Å². The molecule has 5 nitrogen and oxygen atoms in total. The largest absolute Gasteiger partial charge is 0.481 e. The fraction of sp³-hybridized carbons (Fsp3) is 0.875. The van der Waals surface area contributed by atoms with E-state index in [1.165, 1.54) is 12.8 Å². The number of carboxylic acid groups (broad SMARTS) is 1. The molecule has 0 unspecified atom stereocenters. The molecule has 0 spiro atoms. The lowest BCUT2D eigenvalue weighted by Gasteiger charge is -2.37. The summed E-state index contributed by atoms with van der Waals surface area (Å²) in [4.78, 5) is 25.5. The second-order valence-electron chi connectivity index (χ2n) is 6.93. The van der Waals surface area contributed by atoms with Crippen molar-refractivity contribution in [2.45, 2.75) is 56.9 Å². The zero-order valence-electron chi connectivity index (χ0n) is 13.2. The molecule has 5 heteroatoms. The third-order valence-electron chi connectivity index (χ3n) is 5.52. The number of nitrogens with one attached hydrogen (secondary N) is 1. The minimum atomic E-state index is -0.716. The van der Waals surface area contributed by atoms with Gasteiger partial charge >= 0.3 is 5.97 Å². The molecule has 0 aromatic carbocycles. The second-order valence-corrected chi connectivity index (χ2v) is 6.93. The molecule has 21 heavy (non-hydrogen) atoms. The molecule has 0 saturated heterocycles. The predicted molar refractivity (Wildman–Crippen MR) is 81.0 cm³/mol. The Morgan fingerprint density at radius 2 is 1.62 bits per heavy atom. The number of carboxylic acids is 1. The summed E-state index contributed by atoms with van der Waals surface area (Å²) in [6, 6.07) is 0. The highest BCUT2D eigenvalue weighted by molar-refractivity contribution is 5.79. The molecule has 0 aromatic rings. The quantitative estimate of drug-likeness (QED) is 0.812. The van der Waals surface area contributed by atoms with E-state index in [0.717, 1.165) is 19.4 Å². The number of amides is 1. The van der Waals surface area contributed by atoms with Crippen molar-refractivity contribution in [3.8, 4) is 0 Å². The van der Waals surface area contributed by atoms with Gasteiger partial charge < -0.3 is 15.3 Å². The molecule has 2 rings (SSSR count). The van der Waals surface area contributed by atoms with Crippen LogP contribution in [0.1, 0.15) is 51.4 Å². The Morgan fingerprint density at radius 1 is 1.10 bits per heavy atom. The van der Waals surface area contributed by atoms with Gasteiger partial charge in [0.2, 0.25) is 5.91 Å². The van der Waals surface area contributed by atoms with Crippen LogP contribution in [0.25, 0.3) is 0 Å². The van der Waals surface area contributed by atoms with Gasteiger partial charge in [-0.05, 0) is 52.6 Å². The first-order valence-corrected chi connectivity index (χ1v) is 8.12. The summed E-state index contributed by atoms with van der Waals surface area (Å²) in [5.74, 6) is -0.850. The normalized spacial score (nSPS) is 28.5. The summed E-state index contributed by atoms with van der Waals surface area (Å²) >= 11 is 0. The number of hydrogen-bond acceptors (Lipinski definition) is 3. The van der Waals surface area contributed by atoms with Gasteiger partial charge in [0.15, 0.2) is 0 Å². The van der Waals surface area contributed by atoms with E-state index in [1.807, 2.05) is 0 Å². The van der Waals surface area contributed by atoms with Crippen LogP contribution in [0.3, 0.4) is 0 Å². The van der Waals surface area contributed by atoms with E-state index < -0.39 is 5.97 Å². The van der Waals surface area contributed by atoms with Crippen LogP contribution >= 0.6 is 0 Å². The van der Waals surface area contributed by atoms with Crippen molar-refractivity contribution in [1.82, 2.24) is 10.2 Å². The minimum Gasteiger partial charge on any atom is -0.481 e. The first kappa shape index (κ1) is 16.3. The van der Waals surface area contributed by atoms with Crippen molar-refractivity contribution in [2.24, 2.45) is 11.8 Å². The Kier molecular flexibility index (Phi) is 5.25. The highest BCUT2D eigenvalue weighted by atomic mass is 16.4. The van der Waals surface area contributed by atoms with Crippen LogP contribution < -0.4 is 5.32 Å². The van der Waals surface area contributed by atoms with E-state index in [2.05, 4.69) is 24.3 Å². The van der Waals surface area contributed by atoms with Gasteiger partial charge in [0.25, 0.3) is 0 Å². The second kappa shape index (κ2) is 6.77. The maximum atomic E-state index is 12.3. The van der Waals surface area contributed by atoms with Crippen molar-refractivity contribution in [3.05, 3.63) is 0 Å². The topological polar surface area (TPSA) is 69.6 Å². The average molecular weight is 296 g/mol. The van der Waals surface area contributed by atoms with Crippen molar-refractivity contribution in [3.63, 3.8) is 0 Å². The van der Waals surface area contributed by atoms with Gasteiger partial charge in [-0.1, -0.05) is 12.8 Å². The summed E-state index contributed by atoms with van der Waals surface area (Å²) in [7, 11) is 4.19. The van der Waals surface area contributed by atoms with Crippen LogP contribution in [0.15, 0.2) is 0 Å². The van der Waals surface area contributed by atoms with E-state index >= 15 is 0 Å². The minimum absolute atomic E-state index is 0.00113. The molecule has 120 valence electrons. The first-order chi connectivity index (χ1) is 9.94. The molecule has 0 heterocycles. The molecule has 2 aliphatic rings. The van der Waals surface area contributed by atoms with E-state index in [9.17, 15) is 9.59 Å². The molecule has 2 saturated carbocycles. The van der Waals surface area contributed by atoms with Gasteiger partial charge in [-0.3, -0.25) is 9.59 Å². The maximum Gasteiger partial charge on any atom is 0.306 e. The Hall–Kier alpha value is -1.10. The van der Waals surface area contributed by atoms with E-state index in [0.29, 0.717) is 25.7 Å². The summed E-state index contributed by atoms with van der Waals surface area (Å²) in [5, 5.41) is 12.1. The van der Waals surface area contributed by atoms with E-state index in [1.54, 1.807) is 0 Å². The smallest absolute Gasteiger partial charge is 0.306 e. The molecule has 0 atom stereocenters. The molecule has 2 fully saturated rings. The molecular weight excluding hydrogens is 268 g/mol. The van der Waals surface area contributed by atoms with Gasteiger partial charge in [-0.25, -0.2) is 0 Å². The Balaban J connectivity index is 1.81. The van der Waals surface area contributed by atoms with Gasteiger partial charge in [0.1, 0.15) is 0 Å². The first-order valence-electron chi connectivity index (χ1n) is 8.12. The molecule has 2 aliphatic carbocycles. The monoisotopic (exact) mass is 296 g/mol. The zero-order chi connectivity index (χ0) is 15.5. The number of aliphatic carboxylic acids is 1. The van der Waals surface area contributed by atoms with Crippen molar-refractivity contribution in [1.29, 1.82) is 0 Å². The fourth-order valence-electron chi connectivity index (χ4n) is 3.81. The van der Waals surface area contributed by atoms with Crippen LogP contribution in [0, 0.1) is 11.8 Å². The van der Waals surface area contributed by atoms with Gasteiger partial charge in [-0.15, -0.1) is 0 Å². The highest BCUT2D eigenvalue weighted by Gasteiger charge is 2.37. The third kappa shape index (κ3) is 3.76. The summed E-state index contributed by atoms with van der Waals surface area (Å²) in [6.45, 7) is 0.720. The number of rotatable bonds is 5. The highest BCUT2D eigenvalue weighted by Crippen LogP contribution is 2.34. The Morgan fingerprint density at radius 3 is 2.10 bits per heavy atom. The van der Waals surface area contributed by atoms with Crippen LogP contribution in [0.2, 0.25) is 0 Å². The van der Waals surface area contributed by atoms with E-state index in [4.69, 9.17) is 5.11 Å². The fourth-order valence-corrected chi connectivity index (χ4v) is 3.81. The van der Waals surface area contributed by atoms with Crippen molar-refractivity contribution >= 4 is 11.9 Å². The number of nitrogens with zero attached hydrogens (tertiary/aromatic N) is 1. The number of carbonyl (C=O) groups excluding carboxylic acids is 1. The number of carbonyl (C=O) groups is 2. The molecule has 2 N–H and O–H groups in total. The summed E-state index contributed by atoms with van der Waals surface area (Å²) in [5.41, 5.74) is 0.119. The molecule has 0 aliphatic heterocycles. The summed E-state index contributed by atoms with van der Waals surface area (Å²) < 4.78 is 0. The lowest BCUT2D eigenvalue weighted by atomic mass is 9.81. The predicted octanol–water partition coefficient (Wildman–Crippen LogP) is 1.87. The summed E-state index contributed by atoms with van der Waals surface area (Å²) in [6.07, 6.45) is 7.43. The molecule has 0 radical (unpaired) electrons. The van der Waals surface area contributed by atoms with Crippen molar-refractivity contribution in [2.75, 3.05) is 20.6 Å². The van der Waals surface area contributed by atoms with Crippen LogP contribution in [0.5, 0.6) is 0 Å². The SMILES string of the molecule is CN(C)C1(CNC(=O)C2CCC(C(=O)O)CC2)CCCC1. The van der Waals surface area contributed by atoms with Crippen LogP contribution in [-0.2, 0) is 9.59 Å². The molecule has 1 amide bonds. The average Bonchev–Trinajstić information content (AvgIpc) is 2.95.